The van der Waals surface area contributed by atoms with Crippen molar-refractivity contribution in [2.75, 3.05) is 5.73 Å². The molecule has 1 amide bonds. The molecule has 0 saturated carbocycles. The van der Waals surface area contributed by atoms with Gasteiger partial charge in [0.15, 0.2) is 0 Å². The average Bonchev–Trinajstić information content (AvgIpc) is 3.21. The summed E-state index contributed by atoms with van der Waals surface area (Å²) < 4.78 is 5.10. The summed E-state index contributed by atoms with van der Waals surface area (Å²) in [4.78, 5) is 15.4. The van der Waals surface area contributed by atoms with Crippen molar-refractivity contribution < 1.29 is 9.21 Å². The molecule has 0 radical (unpaired) electrons. The smallest absolute Gasteiger partial charge is 0.270 e. The number of allylic oxidation sites excluding steroid dienone is 1. The second-order valence-electron chi connectivity index (χ2n) is 5.53. The first-order valence-corrected chi connectivity index (χ1v) is 7.54. The summed E-state index contributed by atoms with van der Waals surface area (Å²) in [6.07, 6.45) is 10.6. The van der Waals surface area contributed by atoms with Gasteiger partial charge in [0.1, 0.15) is 12.2 Å². The number of hydrogen-bond acceptors (Lipinski definition) is 4. The molecule has 0 bridgehead atoms. The van der Waals surface area contributed by atoms with Crippen molar-refractivity contribution in [2.45, 2.75) is 13.8 Å². The summed E-state index contributed by atoms with van der Waals surface area (Å²) in [5.41, 5.74) is 12.2. The normalized spacial score (nSPS) is 10.9. The highest BCUT2D eigenvalue weighted by Crippen LogP contribution is 2.30. The number of carbonyl (C=O) groups excluding carboxylic acids is 1. The maximum atomic E-state index is 12.5. The molecule has 2 aromatic heterocycles. The van der Waals surface area contributed by atoms with Crippen molar-refractivity contribution in [2.24, 2.45) is 0 Å². The Hall–Kier alpha value is -3.48. The molecule has 0 aromatic carbocycles. The van der Waals surface area contributed by atoms with Gasteiger partial charge in [-0.1, -0.05) is 18.2 Å². The molecule has 2 rings (SSSR count). The van der Waals surface area contributed by atoms with Gasteiger partial charge in [0.25, 0.3) is 5.91 Å². The number of carbonyl (C=O) groups is 1. The van der Waals surface area contributed by atoms with Crippen LogP contribution >= 0.6 is 0 Å². The van der Waals surface area contributed by atoms with Gasteiger partial charge in [0.05, 0.1) is 12.5 Å². The predicted octanol–water partition coefficient (Wildman–Crippen LogP) is 3.29. The van der Waals surface area contributed by atoms with Crippen LogP contribution in [-0.2, 0) is 4.79 Å². The topological polar surface area (TPSA) is 111 Å². The van der Waals surface area contributed by atoms with E-state index in [2.05, 4.69) is 17.0 Å². The molecule has 5 N–H and O–H groups in total. The molecule has 2 heterocycles. The van der Waals surface area contributed by atoms with Crippen LogP contribution in [0.2, 0.25) is 0 Å². The van der Waals surface area contributed by atoms with Gasteiger partial charge in [-0.15, -0.1) is 0 Å². The van der Waals surface area contributed by atoms with Gasteiger partial charge in [0, 0.05) is 34.7 Å². The number of nitrogens with two attached hydrogens (primary N) is 1. The first-order chi connectivity index (χ1) is 12.0. The number of aromatic nitrogens is 1. The van der Waals surface area contributed by atoms with Crippen LogP contribution in [0.1, 0.15) is 19.4 Å². The molecule has 0 fully saturated rings. The van der Waals surface area contributed by atoms with E-state index in [1.807, 2.05) is 13.8 Å². The summed E-state index contributed by atoms with van der Waals surface area (Å²) in [6.45, 7) is 7.42. The Labute approximate surface area is 146 Å². The van der Waals surface area contributed by atoms with E-state index in [1.165, 1.54) is 11.1 Å². The molecule has 0 saturated heterocycles. The van der Waals surface area contributed by atoms with Crippen molar-refractivity contribution in [1.29, 1.82) is 5.41 Å². The Balaban J connectivity index is 2.33. The standard InChI is InChI=1S/C18H21N5O2/c1-4-13(18(24)22-23(11-19)9-12(2)3)7-15-16(8-21-17(15)20)14-5-6-25-10-14/h4-11,19,21H,1,20H2,2-3H3,(H,22,24)/b13-7+,19-11?. The number of amides is 1. The fraction of sp³-hybridized carbons (Fsp3) is 0.111. The number of anilines is 1. The number of aromatic amines is 1. The van der Waals surface area contributed by atoms with Crippen LogP contribution in [0.25, 0.3) is 17.2 Å². The summed E-state index contributed by atoms with van der Waals surface area (Å²) in [5.74, 6) is 0.0197. The highest BCUT2D eigenvalue weighted by molar-refractivity contribution is 6.02. The Morgan fingerprint density at radius 1 is 1.48 bits per heavy atom. The van der Waals surface area contributed by atoms with Gasteiger partial charge in [0.2, 0.25) is 0 Å². The Bertz CT molecular complexity index is 824. The van der Waals surface area contributed by atoms with E-state index in [1.54, 1.807) is 37.1 Å². The predicted molar refractivity (Wildman–Crippen MR) is 99.3 cm³/mol. The number of H-pyrrole nitrogens is 1. The maximum Gasteiger partial charge on any atom is 0.270 e. The van der Waals surface area contributed by atoms with Gasteiger partial charge >= 0.3 is 0 Å². The number of furan rings is 1. The highest BCUT2D eigenvalue weighted by atomic mass is 16.3. The number of hydrazine groups is 1. The number of rotatable bonds is 7. The maximum absolute atomic E-state index is 12.5. The Kier molecular flexibility index (Phi) is 5.62. The van der Waals surface area contributed by atoms with Gasteiger partial charge in [-0.05, 0) is 26.0 Å². The fourth-order valence-electron chi connectivity index (χ4n) is 2.20. The monoisotopic (exact) mass is 339 g/mol. The van der Waals surface area contributed by atoms with Gasteiger partial charge in [-0.2, -0.15) is 0 Å². The van der Waals surface area contributed by atoms with Crippen molar-refractivity contribution in [1.82, 2.24) is 15.4 Å². The molecule has 0 aliphatic rings. The lowest BCUT2D eigenvalue weighted by Crippen LogP contribution is -2.38. The van der Waals surface area contributed by atoms with E-state index in [9.17, 15) is 4.79 Å². The largest absolute Gasteiger partial charge is 0.472 e. The van der Waals surface area contributed by atoms with E-state index in [0.717, 1.165) is 23.0 Å². The van der Waals surface area contributed by atoms with Crippen LogP contribution in [-0.4, -0.2) is 22.2 Å². The lowest BCUT2D eigenvalue weighted by molar-refractivity contribution is -0.119. The zero-order valence-corrected chi connectivity index (χ0v) is 14.2. The lowest BCUT2D eigenvalue weighted by Gasteiger charge is -2.16. The van der Waals surface area contributed by atoms with E-state index in [-0.39, 0.29) is 0 Å². The molecule has 0 spiro atoms. The lowest BCUT2D eigenvalue weighted by atomic mass is 10.0. The first-order valence-electron chi connectivity index (χ1n) is 7.54. The quantitative estimate of drug-likeness (QED) is 0.204. The van der Waals surface area contributed by atoms with Crippen molar-refractivity contribution >= 4 is 24.1 Å². The van der Waals surface area contributed by atoms with Crippen LogP contribution in [0.3, 0.4) is 0 Å². The Morgan fingerprint density at radius 2 is 2.24 bits per heavy atom. The zero-order valence-electron chi connectivity index (χ0n) is 14.2. The van der Waals surface area contributed by atoms with E-state index >= 15 is 0 Å². The third-order valence-electron chi connectivity index (χ3n) is 3.33. The minimum atomic E-state index is -0.408. The average molecular weight is 339 g/mol. The summed E-state index contributed by atoms with van der Waals surface area (Å²) >= 11 is 0. The van der Waals surface area contributed by atoms with Crippen LogP contribution in [0.5, 0.6) is 0 Å². The van der Waals surface area contributed by atoms with Crippen LogP contribution in [0.15, 0.2) is 59.2 Å². The van der Waals surface area contributed by atoms with Gasteiger partial charge < -0.3 is 15.1 Å². The third-order valence-corrected chi connectivity index (χ3v) is 3.33. The fourth-order valence-corrected chi connectivity index (χ4v) is 2.20. The van der Waals surface area contributed by atoms with Crippen LogP contribution in [0, 0.1) is 5.41 Å². The van der Waals surface area contributed by atoms with Crippen molar-refractivity contribution in [3.63, 3.8) is 0 Å². The summed E-state index contributed by atoms with van der Waals surface area (Å²) in [7, 11) is 0. The molecule has 25 heavy (non-hydrogen) atoms. The van der Waals surface area contributed by atoms with Gasteiger partial charge in [-0.3, -0.25) is 20.6 Å². The number of nitrogens with one attached hydrogen (secondary N) is 3. The molecule has 7 nitrogen and oxygen atoms in total. The van der Waals surface area contributed by atoms with Crippen LogP contribution in [0.4, 0.5) is 5.82 Å². The number of nitrogen functional groups attached to an aromatic ring is 1. The molecular weight excluding hydrogens is 318 g/mol. The molecule has 0 aliphatic heterocycles. The van der Waals surface area contributed by atoms with E-state index in [4.69, 9.17) is 15.6 Å². The molecular formula is C18H21N5O2. The SMILES string of the molecule is C=C/C(=C\c1c(-c2ccoc2)c[nH]c1N)C(=O)NN(C=N)C=C(C)C. The minimum Gasteiger partial charge on any atom is -0.472 e. The highest BCUT2D eigenvalue weighted by Gasteiger charge is 2.14. The zero-order chi connectivity index (χ0) is 18.4. The van der Waals surface area contributed by atoms with E-state index < -0.39 is 5.91 Å². The summed E-state index contributed by atoms with van der Waals surface area (Å²) in [6, 6.07) is 1.80. The van der Waals surface area contributed by atoms with E-state index in [0.29, 0.717) is 17.0 Å². The number of nitrogens with zero attached hydrogens (tertiary/aromatic N) is 1. The molecule has 0 aliphatic carbocycles. The third kappa shape index (κ3) is 4.29. The second-order valence-corrected chi connectivity index (χ2v) is 5.53. The van der Waals surface area contributed by atoms with Crippen molar-refractivity contribution in [3.8, 4) is 11.1 Å². The van der Waals surface area contributed by atoms with Crippen LogP contribution < -0.4 is 11.2 Å². The van der Waals surface area contributed by atoms with Crippen molar-refractivity contribution in [3.05, 3.63) is 60.4 Å². The second kappa shape index (κ2) is 7.87. The molecule has 130 valence electrons. The Morgan fingerprint density at radius 3 is 2.80 bits per heavy atom. The van der Waals surface area contributed by atoms with Gasteiger partial charge in [-0.25, -0.2) is 0 Å². The summed E-state index contributed by atoms with van der Waals surface area (Å²) in [5, 5.41) is 8.64. The minimum absolute atomic E-state index is 0.310. The number of hydrogen-bond donors (Lipinski definition) is 4. The molecule has 0 unspecified atom stereocenters. The molecule has 0 atom stereocenters. The first kappa shape index (κ1) is 17.9. The molecule has 2 aromatic rings. The molecule has 7 heteroatoms.